The molecule has 2 aromatic rings. The number of rotatable bonds is 0. The molecule has 100 valence electrons. The van der Waals surface area contributed by atoms with Crippen molar-refractivity contribution < 1.29 is 4.74 Å². The van der Waals surface area contributed by atoms with Gasteiger partial charge in [0.15, 0.2) is 5.75 Å². The van der Waals surface area contributed by atoms with E-state index >= 15 is 0 Å². The van der Waals surface area contributed by atoms with E-state index in [1.807, 2.05) is 18.2 Å². The van der Waals surface area contributed by atoms with Gasteiger partial charge in [-0.15, -0.1) is 0 Å². The zero-order chi connectivity index (χ0) is 13.8. The third kappa shape index (κ3) is 1.72. The van der Waals surface area contributed by atoms with Gasteiger partial charge in [0.1, 0.15) is 6.61 Å². The Balaban J connectivity index is 2.52. The maximum Gasteiger partial charge on any atom is 0.293 e. The maximum absolute atomic E-state index is 12.5. The van der Waals surface area contributed by atoms with Crippen LogP contribution in [0.3, 0.4) is 0 Å². The molecule has 1 aromatic carbocycles. The molecule has 1 unspecified atom stereocenters. The van der Waals surface area contributed by atoms with E-state index in [9.17, 15) is 4.79 Å². The SMILES string of the molecule is Cn1c(=O)c2c(c3ccccc31)C(C)(C)C(I)CO2. The molecule has 0 fully saturated rings. The van der Waals surface area contributed by atoms with Crippen LogP contribution in [0.15, 0.2) is 29.1 Å². The van der Waals surface area contributed by atoms with Crippen molar-refractivity contribution in [2.45, 2.75) is 23.2 Å². The quantitative estimate of drug-likeness (QED) is 0.528. The first-order valence-electron chi connectivity index (χ1n) is 6.33. The van der Waals surface area contributed by atoms with Gasteiger partial charge in [0.2, 0.25) is 0 Å². The van der Waals surface area contributed by atoms with Crippen molar-refractivity contribution >= 4 is 33.5 Å². The fourth-order valence-corrected chi connectivity index (χ4v) is 3.25. The van der Waals surface area contributed by atoms with Crippen LogP contribution in [0, 0.1) is 0 Å². The van der Waals surface area contributed by atoms with Gasteiger partial charge in [0, 0.05) is 23.4 Å². The Morgan fingerprint density at radius 3 is 2.79 bits per heavy atom. The van der Waals surface area contributed by atoms with Crippen LogP contribution in [0.1, 0.15) is 19.4 Å². The Hall–Kier alpha value is -1.04. The van der Waals surface area contributed by atoms with E-state index in [4.69, 9.17) is 4.74 Å². The average molecular weight is 369 g/mol. The monoisotopic (exact) mass is 369 g/mol. The predicted octanol–water partition coefficient (Wildman–Crippen LogP) is 3.01. The zero-order valence-corrected chi connectivity index (χ0v) is 13.4. The van der Waals surface area contributed by atoms with Gasteiger partial charge in [-0.2, -0.15) is 0 Å². The Bertz CT molecular complexity index is 718. The molecule has 3 rings (SSSR count). The highest BCUT2D eigenvalue weighted by Gasteiger charge is 2.39. The first-order valence-corrected chi connectivity index (χ1v) is 7.58. The summed E-state index contributed by atoms with van der Waals surface area (Å²) < 4.78 is 7.78. The Morgan fingerprint density at radius 2 is 2.05 bits per heavy atom. The second-order valence-corrected chi connectivity index (χ2v) is 7.09. The van der Waals surface area contributed by atoms with Crippen LogP contribution in [-0.2, 0) is 12.5 Å². The number of hydrogen-bond donors (Lipinski definition) is 0. The number of alkyl halides is 1. The maximum atomic E-state index is 12.5. The molecule has 4 heteroatoms. The van der Waals surface area contributed by atoms with Crippen LogP contribution in [0.4, 0.5) is 0 Å². The summed E-state index contributed by atoms with van der Waals surface area (Å²) >= 11 is 2.42. The number of para-hydroxylation sites is 1. The lowest BCUT2D eigenvalue weighted by atomic mass is 9.78. The van der Waals surface area contributed by atoms with Gasteiger partial charge in [0.05, 0.1) is 9.44 Å². The van der Waals surface area contributed by atoms with E-state index in [2.05, 4.69) is 42.5 Å². The number of pyridine rings is 1. The third-order valence-electron chi connectivity index (χ3n) is 4.06. The van der Waals surface area contributed by atoms with Crippen LogP contribution >= 0.6 is 22.6 Å². The molecule has 0 amide bonds. The molecule has 19 heavy (non-hydrogen) atoms. The Morgan fingerprint density at radius 1 is 1.37 bits per heavy atom. The molecule has 1 aromatic heterocycles. The second kappa shape index (κ2) is 4.23. The van der Waals surface area contributed by atoms with Gasteiger partial charge in [-0.25, -0.2) is 0 Å². The van der Waals surface area contributed by atoms with Crippen molar-refractivity contribution in [3.63, 3.8) is 0 Å². The normalized spacial score (nSPS) is 20.9. The lowest BCUT2D eigenvalue weighted by molar-refractivity contribution is 0.246. The minimum Gasteiger partial charge on any atom is -0.486 e. The number of benzene rings is 1. The number of ether oxygens (including phenoxy) is 1. The third-order valence-corrected chi connectivity index (χ3v) is 5.98. The summed E-state index contributed by atoms with van der Waals surface area (Å²) in [5.41, 5.74) is 1.91. The highest BCUT2D eigenvalue weighted by molar-refractivity contribution is 14.1. The van der Waals surface area contributed by atoms with Gasteiger partial charge >= 0.3 is 0 Å². The van der Waals surface area contributed by atoms with Crippen LogP contribution < -0.4 is 10.3 Å². The highest BCUT2D eigenvalue weighted by atomic mass is 127. The van der Waals surface area contributed by atoms with Crippen molar-refractivity contribution in [1.29, 1.82) is 0 Å². The van der Waals surface area contributed by atoms with Gasteiger partial charge < -0.3 is 9.30 Å². The van der Waals surface area contributed by atoms with Crippen LogP contribution in [0.25, 0.3) is 10.9 Å². The molecular weight excluding hydrogens is 353 g/mol. The molecule has 3 nitrogen and oxygen atoms in total. The fraction of sp³-hybridized carbons (Fsp3) is 0.400. The van der Waals surface area contributed by atoms with Gasteiger partial charge in [-0.3, -0.25) is 4.79 Å². The molecule has 0 spiro atoms. The van der Waals surface area contributed by atoms with Crippen molar-refractivity contribution in [2.24, 2.45) is 7.05 Å². The van der Waals surface area contributed by atoms with Crippen LogP contribution in [0.5, 0.6) is 5.75 Å². The molecule has 0 bridgehead atoms. The van der Waals surface area contributed by atoms with Gasteiger partial charge in [0.25, 0.3) is 5.56 Å². The molecule has 0 saturated heterocycles. The van der Waals surface area contributed by atoms with Crippen molar-refractivity contribution in [1.82, 2.24) is 4.57 Å². The van der Waals surface area contributed by atoms with Gasteiger partial charge in [-0.1, -0.05) is 54.6 Å². The summed E-state index contributed by atoms with van der Waals surface area (Å²) in [6, 6.07) is 8.05. The highest BCUT2D eigenvalue weighted by Crippen LogP contribution is 2.43. The minimum absolute atomic E-state index is 0.0370. The van der Waals surface area contributed by atoms with Crippen molar-refractivity contribution in [3.05, 3.63) is 40.2 Å². The lowest BCUT2D eigenvalue weighted by Gasteiger charge is -2.37. The summed E-state index contributed by atoms with van der Waals surface area (Å²) in [5, 5.41) is 1.12. The predicted molar refractivity (Wildman–Crippen MR) is 85.5 cm³/mol. The topological polar surface area (TPSA) is 31.2 Å². The van der Waals surface area contributed by atoms with E-state index < -0.39 is 0 Å². The smallest absolute Gasteiger partial charge is 0.293 e. The number of nitrogens with zero attached hydrogens (tertiary/aromatic N) is 1. The number of fused-ring (bicyclic) bond motifs is 3. The van der Waals surface area contributed by atoms with E-state index in [1.54, 1.807) is 11.6 Å². The summed E-state index contributed by atoms with van der Waals surface area (Å²) in [4.78, 5) is 12.5. The summed E-state index contributed by atoms with van der Waals surface area (Å²) in [7, 11) is 1.80. The molecule has 0 aliphatic carbocycles. The first kappa shape index (κ1) is 13.0. The van der Waals surface area contributed by atoms with Crippen molar-refractivity contribution in [3.8, 4) is 5.75 Å². The minimum atomic E-state index is -0.0683. The molecule has 0 N–H and O–H groups in total. The standard InChI is InChI=1S/C15H16INO2/c1-15(2)11(16)8-19-13-12(15)9-6-4-5-7-10(9)17(3)14(13)18/h4-7,11H,8H2,1-3H3. The Kier molecular flexibility index (Phi) is 2.89. The zero-order valence-electron chi connectivity index (χ0n) is 11.2. The lowest BCUT2D eigenvalue weighted by Crippen LogP contribution is -2.41. The molecule has 1 aliphatic rings. The van der Waals surface area contributed by atoms with Crippen molar-refractivity contribution in [2.75, 3.05) is 6.61 Å². The number of aromatic nitrogens is 1. The molecule has 0 radical (unpaired) electrons. The Labute approximate surface area is 125 Å². The fourth-order valence-electron chi connectivity index (χ4n) is 2.76. The molecular formula is C15H16INO2. The van der Waals surface area contributed by atoms with Gasteiger partial charge in [-0.05, 0) is 6.07 Å². The van der Waals surface area contributed by atoms with E-state index in [1.165, 1.54) is 0 Å². The number of hydrogen-bond acceptors (Lipinski definition) is 2. The van der Waals surface area contributed by atoms with Crippen LogP contribution in [-0.4, -0.2) is 15.1 Å². The second-order valence-electron chi connectivity index (χ2n) is 5.59. The number of halogens is 1. The first-order chi connectivity index (χ1) is 8.94. The molecule has 1 aliphatic heterocycles. The molecule has 1 atom stereocenters. The van der Waals surface area contributed by atoms with E-state index in [0.29, 0.717) is 16.3 Å². The summed E-state index contributed by atoms with van der Waals surface area (Å²) in [5.74, 6) is 0.527. The molecule has 2 heterocycles. The summed E-state index contributed by atoms with van der Waals surface area (Å²) in [6.07, 6.45) is 0. The van der Waals surface area contributed by atoms with E-state index in [0.717, 1.165) is 16.5 Å². The molecule has 0 saturated carbocycles. The largest absolute Gasteiger partial charge is 0.486 e. The van der Waals surface area contributed by atoms with E-state index in [-0.39, 0.29) is 11.0 Å². The average Bonchev–Trinajstić information content (AvgIpc) is 2.39. The van der Waals surface area contributed by atoms with Crippen LogP contribution in [0.2, 0.25) is 0 Å². The number of aryl methyl sites for hydroxylation is 1. The summed E-state index contributed by atoms with van der Waals surface area (Å²) in [6.45, 7) is 4.98.